The summed E-state index contributed by atoms with van der Waals surface area (Å²) in [5, 5.41) is 4.78. The number of methoxy groups -OCH3 is 1. The first-order chi connectivity index (χ1) is 13.2. The fourth-order valence-electron chi connectivity index (χ4n) is 2.54. The molecule has 2 aromatic heterocycles. The van der Waals surface area contributed by atoms with Crippen LogP contribution in [-0.2, 0) is 17.9 Å². The van der Waals surface area contributed by atoms with Crippen LogP contribution in [0.3, 0.4) is 0 Å². The lowest BCUT2D eigenvalue weighted by Crippen LogP contribution is -2.33. The van der Waals surface area contributed by atoms with Gasteiger partial charge < -0.3 is 14.4 Å². The normalized spacial score (nSPS) is 10.7. The number of carbonyl (C=O) groups excluding carboxylic acids is 1. The lowest BCUT2D eigenvalue weighted by atomic mass is 10.2. The molecule has 0 aliphatic carbocycles. The van der Waals surface area contributed by atoms with E-state index in [2.05, 4.69) is 4.98 Å². The first kappa shape index (κ1) is 19.5. The van der Waals surface area contributed by atoms with Gasteiger partial charge in [-0.25, -0.2) is 4.98 Å². The number of aromatic nitrogens is 1. The zero-order chi connectivity index (χ0) is 19.1. The summed E-state index contributed by atoms with van der Waals surface area (Å²) in [7, 11) is 1.64. The minimum absolute atomic E-state index is 0.00705. The Labute approximate surface area is 167 Å². The third-order valence-corrected chi connectivity index (χ3v) is 5.62. The molecule has 0 radical (unpaired) electrons. The van der Waals surface area contributed by atoms with Gasteiger partial charge in [0.05, 0.1) is 23.7 Å². The van der Waals surface area contributed by atoms with Gasteiger partial charge in [-0.3, -0.25) is 4.79 Å². The van der Waals surface area contributed by atoms with E-state index in [1.165, 1.54) is 11.3 Å². The maximum Gasteiger partial charge on any atom is 0.264 e. The molecule has 3 aromatic rings. The first-order valence-corrected chi connectivity index (χ1v) is 10.4. The summed E-state index contributed by atoms with van der Waals surface area (Å²) in [5.41, 5.74) is 2.03. The number of benzene rings is 1. The van der Waals surface area contributed by atoms with Crippen LogP contribution in [0.1, 0.15) is 25.9 Å². The molecular formula is C20H22N2O3S2. The van der Waals surface area contributed by atoms with Gasteiger partial charge in [-0.2, -0.15) is 0 Å². The Hall–Kier alpha value is -2.22. The smallest absolute Gasteiger partial charge is 0.264 e. The fraction of sp³-hybridized carbons (Fsp3) is 0.300. The first-order valence-electron chi connectivity index (χ1n) is 8.60. The van der Waals surface area contributed by atoms with Crippen LogP contribution >= 0.6 is 22.7 Å². The molecule has 7 heteroatoms. The number of aryl methyl sites for hydroxylation is 1. The largest absolute Gasteiger partial charge is 0.486 e. The second-order valence-electron chi connectivity index (χ2n) is 6.03. The zero-order valence-corrected chi connectivity index (χ0v) is 17.0. The Balaban J connectivity index is 1.62. The van der Waals surface area contributed by atoms with E-state index < -0.39 is 0 Å². The lowest BCUT2D eigenvalue weighted by Gasteiger charge is -2.20. The molecular weight excluding hydrogens is 380 g/mol. The molecule has 0 spiro atoms. The van der Waals surface area contributed by atoms with Crippen molar-refractivity contribution in [1.29, 1.82) is 0 Å². The number of nitrogens with zero attached hydrogens (tertiary/aromatic N) is 2. The van der Waals surface area contributed by atoms with Crippen molar-refractivity contribution in [2.75, 3.05) is 20.3 Å². The summed E-state index contributed by atoms with van der Waals surface area (Å²) in [6, 6.07) is 11.7. The summed E-state index contributed by atoms with van der Waals surface area (Å²) in [4.78, 5) is 19.8. The molecule has 3 rings (SSSR count). The van der Waals surface area contributed by atoms with Crippen molar-refractivity contribution < 1.29 is 14.3 Å². The SMILES string of the molecule is COCCN(Cc1csc(COc2cccc(C)c2)n1)C(=O)c1cccs1. The Bertz CT molecular complexity index is 862. The average molecular weight is 403 g/mol. The molecule has 1 amide bonds. The molecule has 0 aliphatic rings. The highest BCUT2D eigenvalue weighted by atomic mass is 32.1. The molecule has 0 atom stereocenters. The predicted molar refractivity (Wildman–Crippen MR) is 109 cm³/mol. The number of thiophene rings is 1. The van der Waals surface area contributed by atoms with Crippen molar-refractivity contribution in [2.45, 2.75) is 20.1 Å². The van der Waals surface area contributed by atoms with Crippen molar-refractivity contribution >= 4 is 28.6 Å². The summed E-state index contributed by atoms with van der Waals surface area (Å²) in [6.45, 7) is 3.93. The highest BCUT2D eigenvalue weighted by Gasteiger charge is 2.18. The Morgan fingerprint density at radius 1 is 1.22 bits per heavy atom. The average Bonchev–Trinajstić information content (AvgIpc) is 3.35. The van der Waals surface area contributed by atoms with Crippen LogP contribution in [0.5, 0.6) is 5.75 Å². The van der Waals surface area contributed by atoms with Crippen LogP contribution in [0.2, 0.25) is 0 Å². The van der Waals surface area contributed by atoms with Gasteiger partial charge in [0.15, 0.2) is 0 Å². The zero-order valence-electron chi connectivity index (χ0n) is 15.4. The van der Waals surface area contributed by atoms with Gasteiger partial charge in [0, 0.05) is 19.0 Å². The van der Waals surface area contributed by atoms with E-state index in [1.807, 2.05) is 54.1 Å². The monoisotopic (exact) mass is 402 g/mol. The highest BCUT2D eigenvalue weighted by molar-refractivity contribution is 7.12. The number of carbonyl (C=O) groups is 1. The number of hydrogen-bond donors (Lipinski definition) is 0. The van der Waals surface area contributed by atoms with Crippen LogP contribution in [0.25, 0.3) is 0 Å². The molecule has 0 aliphatic heterocycles. The number of thiazole rings is 1. The van der Waals surface area contributed by atoms with Gasteiger partial charge >= 0.3 is 0 Å². The molecule has 5 nitrogen and oxygen atoms in total. The number of amides is 1. The standard InChI is InChI=1S/C20H22N2O3S2/c1-15-5-3-6-17(11-15)25-13-19-21-16(14-27-19)12-22(8-9-24-2)20(23)18-7-4-10-26-18/h3-7,10-11,14H,8-9,12-13H2,1-2H3. The number of ether oxygens (including phenoxy) is 2. The van der Waals surface area contributed by atoms with Crippen molar-refractivity contribution in [1.82, 2.24) is 9.88 Å². The predicted octanol–water partition coefficient (Wildman–Crippen LogP) is 4.38. The summed E-state index contributed by atoms with van der Waals surface area (Å²) in [6.07, 6.45) is 0. The molecule has 1 aromatic carbocycles. The van der Waals surface area contributed by atoms with Gasteiger partial charge in [0.1, 0.15) is 17.4 Å². The van der Waals surface area contributed by atoms with Crippen molar-refractivity contribution in [3.63, 3.8) is 0 Å². The van der Waals surface area contributed by atoms with Gasteiger partial charge in [0.25, 0.3) is 5.91 Å². The van der Waals surface area contributed by atoms with Crippen molar-refractivity contribution in [3.8, 4) is 5.75 Å². The molecule has 0 bridgehead atoms. The maximum absolute atomic E-state index is 12.7. The molecule has 0 fully saturated rings. The third-order valence-electron chi connectivity index (χ3n) is 3.89. The number of rotatable bonds is 9. The molecule has 142 valence electrons. The van der Waals surface area contributed by atoms with E-state index in [0.717, 1.165) is 26.9 Å². The molecule has 2 heterocycles. The van der Waals surface area contributed by atoms with E-state index in [4.69, 9.17) is 9.47 Å². The molecule has 0 saturated carbocycles. The Morgan fingerprint density at radius 2 is 2.11 bits per heavy atom. The summed E-state index contributed by atoms with van der Waals surface area (Å²) in [5.74, 6) is 0.842. The van der Waals surface area contributed by atoms with Gasteiger partial charge in [0.2, 0.25) is 0 Å². The van der Waals surface area contributed by atoms with E-state index in [1.54, 1.807) is 23.3 Å². The second kappa shape index (κ2) is 9.64. The Morgan fingerprint density at radius 3 is 2.85 bits per heavy atom. The van der Waals surface area contributed by atoms with Crippen molar-refractivity contribution in [2.24, 2.45) is 0 Å². The summed E-state index contributed by atoms with van der Waals surface area (Å²) >= 11 is 2.99. The summed E-state index contributed by atoms with van der Waals surface area (Å²) < 4.78 is 11.0. The molecule has 0 unspecified atom stereocenters. The van der Waals surface area contributed by atoms with Gasteiger partial charge in [-0.15, -0.1) is 22.7 Å². The van der Waals surface area contributed by atoms with E-state index in [9.17, 15) is 4.79 Å². The highest BCUT2D eigenvalue weighted by Crippen LogP contribution is 2.19. The quantitative estimate of drug-likeness (QED) is 0.533. The van der Waals surface area contributed by atoms with Gasteiger partial charge in [-0.05, 0) is 36.1 Å². The van der Waals surface area contributed by atoms with Crippen LogP contribution in [0, 0.1) is 6.92 Å². The van der Waals surface area contributed by atoms with E-state index in [0.29, 0.717) is 26.3 Å². The number of hydrogen-bond acceptors (Lipinski definition) is 6. The fourth-order valence-corrected chi connectivity index (χ4v) is 3.93. The van der Waals surface area contributed by atoms with Crippen LogP contribution in [0.15, 0.2) is 47.2 Å². The van der Waals surface area contributed by atoms with Crippen LogP contribution in [0.4, 0.5) is 0 Å². The topological polar surface area (TPSA) is 51.7 Å². The lowest BCUT2D eigenvalue weighted by molar-refractivity contribution is 0.0683. The Kier molecular flexibility index (Phi) is 6.98. The van der Waals surface area contributed by atoms with Crippen molar-refractivity contribution in [3.05, 3.63) is 68.3 Å². The third kappa shape index (κ3) is 5.63. The molecule has 0 N–H and O–H groups in total. The molecule has 0 saturated heterocycles. The van der Waals surface area contributed by atoms with Crippen LogP contribution < -0.4 is 4.74 Å². The minimum atomic E-state index is 0.00705. The maximum atomic E-state index is 12.7. The van der Waals surface area contributed by atoms with E-state index in [-0.39, 0.29) is 5.91 Å². The second-order valence-corrected chi connectivity index (χ2v) is 7.92. The molecule has 27 heavy (non-hydrogen) atoms. The van der Waals surface area contributed by atoms with E-state index >= 15 is 0 Å². The van der Waals surface area contributed by atoms with Crippen LogP contribution in [-0.4, -0.2) is 36.1 Å². The van der Waals surface area contributed by atoms with Gasteiger partial charge in [-0.1, -0.05) is 18.2 Å². The minimum Gasteiger partial charge on any atom is -0.486 e.